The van der Waals surface area contributed by atoms with Gasteiger partial charge in [-0.15, -0.1) is 0 Å². The molecular formula is C14H11BrCl2O2. The van der Waals surface area contributed by atoms with E-state index in [1.54, 1.807) is 43.5 Å². The molecule has 0 aromatic heterocycles. The zero-order valence-corrected chi connectivity index (χ0v) is 13.1. The monoisotopic (exact) mass is 360 g/mol. The van der Waals surface area contributed by atoms with Crippen LogP contribution in [0.5, 0.6) is 5.75 Å². The minimum absolute atomic E-state index is 0.462. The summed E-state index contributed by atoms with van der Waals surface area (Å²) < 4.78 is 5.83. The summed E-state index contributed by atoms with van der Waals surface area (Å²) in [7, 11) is 1.55. The van der Waals surface area contributed by atoms with E-state index in [-0.39, 0.29) is 0 Å². The van der Waals surface area contributed by atoms with Crippen LogP contribution in [-0.4, -0.2) is 12.2 Å². The van der Waals surface area contributed by atoms with Crippen LogP contribution in [0, 0.1) is 0 Å². The normalized spacial score (nSPS) is 12.3. The molecule has 0 spiro atoms. The molecule has 1 N–H and O–H groups in total. The van der Waals surface area contributed by atoms with Crippen LogP contribution in [0.1, 0.15) is 17.2 Å². The fourth-order valence-electron chi connectivity index (χ4n) is 1.76. The first-order chi connectivity index (χ1) is 9.02. The zero-order chi connectivity index (χ0) is 14.0. The van der Waals surface area contributed by atoms with E-state index < -0.39 is 6.10 Å². The largest absolute Gasteiger partial charge is 0.495 e. The van der Waals surface area contributed by atoms with Crippen molar-refractivity contribution in [3.8, 4) is 5.75 Å². The van der Waals surface area contributed by atoms with Gasteiger partial charge < -0.3 is 9.84 Å². The van der Waals surface area contributed by atoms with Crippen molar-refractivity contribution in [2.75, 3.05) is 7.11 Å². The highest BCUT2D eigenvalue weighted by molar-refractivity contribution is 9.10. The molecule has 0 radical (unpaired) electrons. The van der Waals surface area contributed by atoms with Crippen LogP contribution in [-0.2, 0) is 0 Å². The Hall–Kier alpha value is -0.740. The fraction of sp³-hybridized carbons (Fsp3) is 0.143. The van der Waals surface area contributed by atoms with E-state index in [2.05, 4.69) is 15.9 Å². The third-order valence-corrected chi connectivity index (χ3v) is 3.97. The van der Waals surface area contributed by atoms with Gasteiger partial charge in [-0.3, -0.25) is 0 Å². The van der Waals surface area contributed by atoms with Crippen LogP contribution in [0.2, 0.25) is 10.0 Å². The summed E-state index contributed by atoms with van der Waals surface area (Å²) in [5.74, 6) is 0.577. The van der Waals surface area contributed by atoms with Gasteiger partial charge in [-0.05, 0) is 35.4 Å². The van der Waals surface area contributed by atoms with Gasteiger partial charge in [0.2, 0.25) is 0 Å². The Kier molecular flexibility index (Phi) is 4.74. The Morgan fingerprint density at radius 2 is 1.89 bits per heavy atom. The van der Waals surface area contributed by atoms with E-state index in [4.69, 9.17) is 27.9 Å². The Bertz CT molecular complexity index is 602. The zero-order valence-electron chi connectivity index (χ0n) is 10.0. The highest BCUT2D eigenvalue weighted by Crippen LogP contribution is 2.33. The summed E-state index contributed by atoms with van der Waals surface area (Å²) in [6.07, 6.45) is -0.782. The minimum atomic E-state index is -0.782. The second-order valence-corrected chi connectivity index (χ2v) is 5.66. The van der Waals surface area contributed by atoms with Crippen LogP contribution in [0.25, 0.3) is 0 Å². The van der Waals surface area contributed by atoms with Crippen molar-refractivity contribution in [3.63, 3.8) is 0 Å². The average molecular weight is 362 g/mol. The van der Waals surface area contributed by atoms with Gasteiger partial charge in [0.25, 0.3) is 0 Å². The summed E-state index contributed by atoms with van der Waals surface area (Å²) in [6.45, 7) is 0. The van der Waals surface area contributed by atoms with E-state index in [0.717, 1.165) is 10.0 Å². The molecule has 0 saturated carbocycles. The summed E-state index contributed by atoms with van der Waals surface area (Å²) in [5.41, 5.74) is 1.42. The molecule has 1 atom stereocenters. The molecule has 2 aromatic carbocycles. The first-order valence-corrected chi connectivity index (χ1v) is 7.04. The predicted molar refractivity (Wildman–Crippen MR) is 81.2 cm³/mol. The lowest BCUT2D eigenvalue weighted by atomic mass is 10.0. The molecule has 100 valence electrons. The van der Waals surface area contributed by atoms with Gasteiger partial charge in [0.05, 0.1) is 12.1 Å². The van der Waals surface area contributed by atoms with Crippen molar-refractivity contribution >= 4 is 39.1 Å². The number of halogens is 3. The molecule has 2 rings (SSSR count). The van der Waals surface area contributed by atoms with Crippen LogP contribution < -0.4 is 4.74 Å². The van der Waals surface area contributed by atoms with Gasteiger partial charge in [0.15, 0.2) is 0 Å². The fourth-order valence-corrected chi connectivity index (χ4v) is 2.92. The van der Waals surface area contributed by atoms with Gasteiger partial charge >= 0.3 is 0 Å². The molecule has 19 heavy (non-hydrogen) atoms. The van der Waals surface area contributed by atoms with E-state index in [9.17, 15) is 5.11 Å². The molecule has 2 nitrogen and oxygen atoms in total. The second kappa shape index (κ2) is 6.14. The molecule has 0 aliphatic heterocycles. The molecule has 1 unspecified atom stereocenters. The topological polar surface area (TPSA) is 29.5 Å². The van der Waals surface area contributed by atoms with Crippen LogP contribution >= 0.6 is 39.1 Å². The quantitative estimate of drug-likeness (QED) is 0.846. The standard InChI is InChI=1S/C14H11BrCl2O2/c1-19-13-5-2-8(6-12(13)17)14(18)10-4-3-9(16)7-11(10)15/h2-7,14,18H,1H3. The molecule has 0 fully saturated rings. The molecule has 0 heterocycles. The smallest absolute Gasteiger partial charge is 0.137 e. The molecule has 0 aliphatic rings. The van der Waals surface area contributed by atoms with Crippen molar-refractivity contribution < 1.29 is 9.84 Å². The number of rotatable bonds is 3. The molecular weight excluding hydrogens is 351 g/mol. The Morgan fingerprint density at radius 1 is 1.16 bits per heavy atom. The van der Waals surface area contributed by atoms with E-state index in [1.165, 1.54) is 0 Å². The maximum atomic E-state index is 10.4. The van der Waals surface area contributed by atoms with Crippen LogP contribution in [0.4, 0.5) is 0 Å². The van der Waals surface area contributed by atoms with E-state index in [1.807, 2.05) is 0 Å². The van der Waals surface area contributed by atoms with Crippen molar-refractivity contribution in [3.05, 3.63) is 62.0 Å². The molecule has 0 bridgehead atoms. The molecule has 5 heteroatoms. The molecule has 0 amide bonds. The highest BCUT2D eigenvalue weighted by Gasteiger charge is 2.15. The number of aliphatic hydroxyl groups excluding tert-OH is 1. The van der Waals surface area contributed by atoms with Gasteiger partial charge in [-0.2, -0.15) is 0 Å². The van der Waals surface area contributed by atoms with Gasteiger partial charge in [0, 0.05) is 9.50 Å². The molecule has 2 aromatic rings. The lowest BCUT2D eigenvalue weighted by Crippen LogP contribution is -2.01. The third kappa shape index (κ3) is 3.23. The van der Waals surface area contributed by atoms with E-state index >= 15 is 0 Å². The highest BCUT2D eigenvalue weighted by atomic mass is 79.9. The van der Waals surface area contributed by atoms with Gasteiger partial charge in [0.1, 0.15) is 11.9 Å². The summed E-state index contributed by atoms with van der Waals surface area (Å²) >= 11 is 15.3. The second-order valence-electron chi connectivity index (χ2n) is 3.96. The lowest BCUT2D eigenvalue weighted by Gasteiger charge is -2.15. The number of aliphatic hydroxyl groups is 1. The lowest BCUT2D eigenvalue weighted by molar-refractivity contribution is 0.219. The number of hydrogen-bond donors (Lipinski definition) is 1. The molecule has 0 saturated heterocycles. The SMILES string of the molecule is COc1ccc(C(O)c2ccc(Cl)cc2Br)cc1Cl. The number of hydrogen-bond acceptors (Lipinski definition) is 2. The minimum Gasteiger partial charge on any atom is -0.495 e. The predicted octanol–water partition coefficient (Wildman–Crippen LogP) is 4.85. The Labute approximate surface area is 130 Å². The van der Waals surface area contributed by atoms with Crippen molar-refractivity contribution in [1.82, 2.24) is 0 Å². The maximum absolute atomic E-state index is 10.4. The van der Waals surface area contributed by atoms with Crippen molar-refractivity contribution in [1.29, 1.82) is 0 Å². The van der Waals surface area contributed by atoms with Crippen LogP contribution in [0.15, 0.2) is 40.9 Å². The van der Waals surface area contributed by atoms with Crippen LogP contribution in [0.3, 0.4) is 0 Å². The average Bonchev–Trinajstić information content (AvgIpc) is 2.38. The van der Waals surface area contributed by atoms with E-state index in [0.29, 0.717) is 21.4 Å². The number of methoxy groups -OCH3 is 1. The van der Waals surface area contributed by atoms with Gasteiger partial charge in [-0.25, -0.2) is 0 Å². The Morgan fingerprint density at radius 3 is 2.47 bits per heavy atom. The third-order valence-electron chi connectivity index (χ3n) is 2.75. The summed E-state index contributed by atoms with van der Waals surface area (Å²) in [4.78, 5) is 0. The Balaban J connectivity index is 2.38. The first-order valence-electron chi connectivity index (χ1n) is 5.49. The maximum Gasteiger partial charge on any atom is 0.137 e. The first kappa shape index (κ1) is 14.7. The summed E-state index contributed by atoms with van der Waals surface area (Å²) in [6, 6.07) is 10.4. The van der Waals surface area contributed by atoms with Gasteiger partial charge in [-0.1, -0.05) is 51.3 Å². The van der Waals surface area contributed by atoms with Crippen molar-refractivity contribution in [2.24, 2.45) is 0 Å². The van der Waals surface area contributed by atoms with Crippen molar-refractivity contribution in [2.45, 2.75) is 6.10 Å². The molecule has 0 aliphatic carbocycles. The summed E-state index contributed by atoms with van der Waals surface area (Å²) in [5, 5.41) is 11.4. The number of ether oxygens (including phenoxy) is 1. The number of benzene rings is 2.